The third-order valence-electron chi connectivity index (χ3n) is 3.79. The van der Waals surface area contributed by atoms with Crippen molar-refractivity contribution in [3.05, 3.63) is 65.7 Å². The van der Waals surface area contributed by atoms with E-state index in [0.717, 1.165) is 0 Å². The Morgan fingerprint density at radius 1 is 0.719 bits per heavy atom. The van der Waals surface area contributed by atoms with Gasteiger partial charge in [0.15, 0.2) is 0 Å². The van der Waals surface area contributed by atoms with E-state index in [-0.39, 0.29) is 24.3 Å². The van der Waals surface area contributed by atoms with E-state index in [1.54, 1.807) is 0 Å². The number of nitrogens with zero attached hydrogens (tertiary/aromatic N) is 2. The molecule has 0 aromatic heterocycles. The molecule has 32 heavy (non-hydrogen) atoms. The molecule has 0 aliphatic carbocycles. The zero-order valence-corrected chi connectivity index (χ0v) is 16.2. The molecule has 0 unspecified atom stereocenters. The normalized spacial score (nSPS) is 12.6. The molecular formula is C15H5BrF9N3O4. The van der Waals surface area contributed by atoms with Gasteiger partial charge in [0.05, 0.1) is 38.3 Å². The first-order valence-electron chi connectivity index (χ1n) is 7.63. The van der Waals surface area contributed by atoms with E-state index >= 15 is 0 Å². The van der Waals surface area contributed by atoms with Crippen LogP contribution in [0.1, 0.15) is 16.7 Å². The van der Waals surface area contributed by atoms with Gasteiger partial charge in [0, 0.05) is 10.5 Å². The van der Waals surface area contributed by atoms with Gasteiger partial charge in [0.25, 0.3) is 11.4 Å². The standard InChI is InChI=1S/C15H5BrF9N3O4/c16-9-3-7(14(20,21)22)10(4-6(9)13(17,18)19)26-12-8(15(23,24)25)1-5(27(29)30)2-11(12)28(31)32/h1-4,26H. The summed E-state index contributed by atoms with van der Waals surface area (Å²) in [4.78, 5) is 19.0. The largest absolute Gasteiger partial charge is 0.418 e. The predicted molar refractivity (Wildman–Crippen MR) is 92.2 cm³/mol. The topological polar surface area (TPSA) is 98.3 Å². The van der Waals surface area contributed by atoms with Crippen molar-refractivity contribution in [2.75, 3.05) is 5.32 Å². The summed E-state index contributed by atoms with van der Waals surface area (Å²) in [6, 6.07) is -0.450. The second-order valence-electron chi connectivity index (χ2n) is 5.90. The molecule has 2 aromatic carbocycles. The van der Waals surface area contributed by atoms with Crippen LogP contribution in [-0.4, -0.2) is 9.85 Å². The van der Waals surface area contributed by atoms with Crippen LogP contribution >= 0.6 is 15.9 Å². The lowest BCUT2D eigenvalue weighted by molar-refractivity contribution is -0.394. The molecule has 0 saturated heterocycles. The Balaban J connectivity index is 2.92. The van der Waals surface area contributed by atoms with E-state index < -0.39 is 72.3 Å². The number of hydrogen-bond donors (Lipinski definition) is 1. The Labute approximate surface area is 178 Å². The Morgan fingerprint density at radius 3 is 1.62 bits per heavy atom. The molecule has 2 rings (SSSR count). The van der Waals surface area contributed by atoms with Crippen LogP contribution in [0, 0.1) is 20.2 Å². The van der Waals surface area contributed by atoms with E-state index in [0.29, 0.717) is 0 Å². The quantitative estimate of drug-likeness (QED) is 0.253. The van der Waals surface area contributed by atoms with Gasteiger partial charge >= 0.3 is 18.5 Å². The fourth-order valence-corrected chi connectivity index (χ4v) is 3.05. The average molecular weight is 542 g/mol. The second kappa shape index (κ2) is 8.10. The van der Waals surface area contributed by atoms with Crippen molar-refractivity contribution < 1.29 is 49.4 Å². The Hall–Kier alpha value is -3.11. The molecule has 0 aliphatic heterocycles. The molecule has 0 amide bonds. The minimum atomic E-state index is -5.57. The van der Waals surface area contributed by atoms with Crippen LogP contribution in [0.2, 0.25) is 0 Å². The van der Waals surface area contributed by atoms with Crippen molar-refractivity contribution >= 4 is 38.7 Å². The van der Waals surface area contributed by atoms with Crippen LogP contribution < -0.4 is 5.32 Å². The number of nitro groups is 2. The lowest BCUT2D eigenvalue weighted by atomic mass is 10.0. The van der Waals surface area contributed by atoms with Gasteiger partial charge in [-0.2, -0.15) is 39.5 Å². The van der Waals surface area contributed by atoms with Crippen LogP contribution in [0.15, 0.2) is 28.7 Å². The molecule has 0 aliphatic rings. The van der Waals surface area contributed by atoms with Gasteiger partial charge in [0.2, 0.25) is 0 Å². The minimum absolute atomic E-state index is 0.0222. The van der Waals surface area contributed by atoms with Gasteiger partial charge in [-0.25, -0.2) is 0 Å². The van der Waals surface area contributed by atoms with Crippen molar-refractivity contribution in [2.45, 2.75) is 18.5 Å². The summed E-state index contributed by atoms with van der Waals surface area (Å²) in [5.41, 5.74) is -12.2. The number of rotatable bonds is 4. The van der Waals surface area contributed by atoms with E-state index in [2.05, 4.69) is 15.9 Å². The number of non-ortho nitro benzene ring substituents is 1. The Morgan fingerprint density at radius 2 is 1.22 bits per heavy atom. The molecular weight excluding hydrogens is 537 g/mol. The van der Waals surface area contributed by atoms with E-state index in [1.165, 1.54) is 5.32 Å². The summed E-state index contributed by atoms with van der Waals surface area (Å²) in [6.07, 6.45) is -16.2. The maximum atomic E-state index is 13.4. The summed E-state index contributed by atoms with van der Waals surface area (Å²) in [6.45, 7) is 0. The van der Waals surface area contributed by atoms with Crippen LogP contribution in [-0.2, 0) is 18.5 Å². The lowest BCUT2D eigenvalue weighted by Gasteiger charge is -2.20. The van der Waals surface area contributed by atoms with Gasteiger partial charge < -0.3 is 5.32 Å². The van der Waals surface area contributed by atoms with Crippen molar-refractivity contribution in [2.24, 2.45) is 0 Å². The highest BCUT2D eigenvalue weighted by atomic mass is 79.9. The van der Waals surface area contributed by atoms with Gasteiger partial charge in [-0.1, -0.05) is 15.9 Å². The van der Waals surface area contributed by atoms with Crippen molar-refractivity contribution in [1.29, 1.82) is 0 Å². The van der Waals surface area contributed by atoms with Gasteiger partial charge in [-0.15, -0.1) is 0 Å². The van der Waals surface area contributed by atoms with Crippen LogP contribution in [0.5, 0.6) is 0 Å². The van der Waals surface area contributed by atoms with E-state index in [4.69, 9.17) is 0 Å². The number of hydrogen-bond acceptors (Lipinski definition) is 5. The number of nitro benzene ring substituents is 2. The summed E-state index contributed by atoms with van der Waals surface area (Å²) in [5, 5.41) is 23.4. The van der Waals surface area contributed by atoms with Gasteiger partial charge in [0.1, 0.15) is 5.69 Å². The lowest BCUT2D eigenvalue weighted by Crippen LogP contribution is -2.16. The maximum absolute atomic E-state index is 13.4. The average Bonchev–Trinajstić information content (AvgIpc) is 2.59. The van der Waals surface area contributed by atoms with Crippen LogP contribution in [0.4, 0.5) is 62.3 Å². The highest BCUT2D eigenvalue weighted by Gasteiger charge is 2.43. The van der Waals surface area contributed by atoms with Crippen LogP contribution in [0.3, 0.4) is 0 Å². The van der Waals surface area contributed by atoms with Crippen molar-refractivity contribution in [3.63, 3.8) is 0 Å². The Kier molecular flexibility index (Phi) is 6.37. The SMILES string of the molecule is O=[N+]([O-])c1cc([N+](=O)[O-])c(Nc2cc(C(F)(F)F)c(Br)cc2C(F)(F)F)c(C(F)(F)F)c1. The zero-order valence-electron chi connectivity index (χ0n) is 14.6. The second-order valence-corrected chi connectivity index (χ2v) is 6.75. The molecule has 0 spiro atoms. The molecule has 0 saturated carbocycles. The molecule has 0 atom stereocenters. The Bertz CT molecular complexity index is 1100. The third-order valence-corrected chi connectivity index (χ3v) is 4.45. The number of alkyl halides is 9. The van der Waals surface area contributed by atoms with Crippen LogP contribution in [0.25, 0.3) is 0 Å². The fraction of sp³-hybridized carbons (Fsp3) is 0.200. The molecule has 1 N–H and O–H groups in total. The third kappa shape index (κ3) is 5.20. The molecule has 2 aromatic rings. The van der Waals surface area contributed by atoms with E-state index in [9.17, 15) is 59.7 Å². The number of halogens is 10. The molecule has 0 heterocycles. The summed E-state index contributed by atoms with van der Waals surface area (Å²) in [7, 11) is 0. The first kappa shape index (κ1) is 25.2. The zero-order chi connectivity index (χ0) is 24.8. The van der Waals surface area contributed by atoms with Gasteiger partial charge in [-0.3, -0.25) is 20.2 Å². The minimum Gasteiger partial charge on any atom is -0.349 e. The molecule has 174 valence electrons. The number of anilines is 2. The smallest absolute Gasteiger partial charge is 0.349 e. The summed E-state index contributed by atoms with van der Waals surface area (Å²) in [5.74, 6) is 0. The number of nitrogens with one attached hydrogen (secondary N) is 1. The van der Waals surface area contributed by atoms with E-state index in [1.807, 2.05) is 0 Å². The van der Waals surface area contributed by atoms with Crippen molar-refractivity contribution in [1.82, 2.24) is 0 Å². The molecule has 0 bridgehead atoms. The van der Waals surface area contributed by atoms with Crippen molar-refractivity contribution in [3.8, 4) is 0 Å². The first-order valence-corrected chi connectivity index (χ1v) is 8.42. The fourth-order valence-electron chi connectivity index (χ4n) is 2.48. The molecule has 7 nitrogen and oxygen atoms in total. The first-order chi connectivity index (χ1) is 14.3. The highest BCUT2D eigenvalue weighted by Crippen LogP contribution is 2.47. The maximum Gasteiger partial charge on any atom is 0.418 e. The molecule has 0 fully saturated rings. The summed E-state index contributed by atoms with van der Waals surface area (Å²) >= 11 is 2.29. The monoisotopic (exact) mass is 541 g/mol. The number of benzene rings is 2. The van der Waals surface area contributed by atoms with Gasteiger partial charge in [-0.05, 0) is 12.1 Å². The highest BCUT2D eigenvalue weighted by molar-refractivity contribution is 9.10. The summed E-state index contributed by atoms with van der Waals surface area (Å²) < 4.78 is 118. The molecule has 17 heteroatoms. The predicted octanol–water partition coefficient (Wildman–Crippen LogP) is 7.07. The molecule has 0 radical (unpaired) electrons.